The SMILES string of the molecule is COc1ccc(S(=O)(=O)N(C[C@H](O)[C@H](Cc2ccccc2)N(C(=O)O)c2ccoc2)CC(C)(C)CCNC(=O)N(C)C)cc1. The van der Waals surface area contributed by atoms with E-state index in [1.165, 1.54) is 59.2 Å². The molecule has 3 amide bonds. The lowest BCUT2D eigenvalue weighted by atomic mass is 9.89. The molecule has 240 valence electrons. The second-order valence-corrected chi connectivity index (χ2v) is 13.4. The van der Waals surface area contributed by atoms with Crippen molar-refractivity contribution in [3.63, 3.8) is 0 Å². The predicted octanol–water partition coefficient (Wildman–Crippen LogP) is 4.12. The molecule has 0 unspecified atom stereocenters. The molecule has 13 heteroatoms. The van der Waals surface area contributed by atoms with E-state index in [-0.39, 0.29) is 29.6 Å². The maximum absolute atomic E-state index is 14.1. The van der Waals surface area contributed by atoms with Gasteiger partial charge in [0.25, 0.3) is 0 Å². The summed E-state index contributed by atoms with van der Waals surface area (Å²) in [6.45, 7) is 3.61. The Balaban J connectivity index is 1.99. The van der Waals surface area contributed by atoms with Crippen LogP contribution >= 0.6 is 0 Å². The molecular formula is C31H42N4O8S. The number of carboxylic acid groups (broad SMARTS) is 1. The minimum absolute atomic E-state index is 0.00764. The molecule has 0 saturated carbocycles. The van der Waals surface area contributed by atoms with Crippen molar-refractivity contribution in [2.45, 2.75) is 43.7 Å². The van der Waals surface area contributed by atoms with Crippen LogP contribution < -0.4 is 15.0 Å². The number of amides is 3. The van der Waals surface area contributed by atoms with Gasteiger partial charge < -0.3 is 29.6 Å². The molecule has 3 N–H and O–H groups in total. The van der Waals surface area contributed by atoms with Crippen LogP contribution in [-0.4, -0.2) is 92.9 Å². The van der Waals surface area contributed by atoms with Crippen LogP contribution in [0.2, 0.25) is 0 Å². The first kappa shape index (κ1) is 34.4. The third kappa shape index (κ3) is 9.21. The van der Waals surface area contributed by atoms with Crippen molar-refractivity contribution in [1.82, 2.24) is 14.5 Å². The minimum Gasteiger partial charge on any atom is -0.497 e. The molecule has 0 aliphatic rings. The predicted molar refractivity (Wildman–Crippen MR) is 166 cm³/mol. The Labute approximate surface area is 258 Å². The van der Waals surface area contributed by atoms with Crippen molar-refractivity contribution < 1.29 is 37.4 Å². The molecule has 12 nitrogen and oxygen atoms in total. The van der Waals surface area contributed by atoms with Gasteiger partial charge in [-0.15, -0.1) is 0 Å². The van der Waals surface area contributed by atoms with Crippen molar-refractivity contribution in [3.8, 4) is 5.75 Å². The average molecular weight is 631 g/mol. The molecule has 2 aromatic carbocycles. The molecule has 0 spiro atoms. The van der Waals surface area contributed by atoms with E-state index in [0.717, 1.165) is 10.5 Å². The molecule has 3 aromatic rings. The summed E-state index contributed by atoms with van der Waals surface area (Å²) in [6.07, 6.45) is 0.355. The highest BCUT2D eigenvalue weighted by Crippen LogP contribution is 2.29. The summed E-state index contributed by atoms with van der Waals surface area (Å²) >= 11 is 0. The van der Waals surface area contributed by atoms with E-state index in [2.05, 4.69) is 5.32 Å². The first-order valence-corrected chi connectivity index (χ1v) is 15.5. The Morgan fingerprint density at radius 2 is 1.70 bits per heavy atom. The fourth-order valence-corrected chi connectivity index (χ4v) is 6.44. The summed E-state index contributed by atoms with van der Waals surface area (Å²) in [6, 6.07) is 15.1. The number of aliphatic hydroxyl groups is 1. The summed E-state index contributed by atoms with van der Waals surface area (Å²) in [5.74, 6) is 0.479. The molecular weight excluding hydrogens is 588 g/mol. The number of furan rings is 1. The van der Waals surface area contributed by atoms with Gasteiger partial charge in [-0.3, -0.25) is 4.90 Å². The van der Waals surface area contributed by atoms with Gasteiger partial charge in [-0.25, -0.2) is 18.0 Å². The summed E-state index contributed by atoms with van der Waals surface area (Å²) in [7, 11) is 0.551. The third-order valence-corrected chi connectivity index (χ3v) is 9.06. The number of urea groups is 1. The molecule has 1 aromatic heterocycles. The summed E-state index contributed by atoms with van der Waals surface area (Å²) < 4.78 is 39.7. The van der Waals surface area contributed by atoms with Crippen LogP contribution in [0.1, 0.15) is 25.8 Å². The molecule has 3 rings (SSSR count). The first-order valence-electron chi connectivity index (χ1n) is 14.1. The minimum atomic E-state index is -4.18. The van der Waals surface area contributed by atoms with Gasteiger partial charge in [0.1, 0.15) is 12.0 Å². The number of nitrogens with one attached hydrogen (secondary N) is 1. The van der Waals surface area contributed by atoms with Gasteiger partial charge in [0.2, 0.25) is 10.0 Å². The molecule has 44 heavy (non-hydrogen) atoms. The number of nitrogens with zero attached hydrogens (tertiary/aromatic N) is 3. The number of sulfonamides is 1. The van der Waals surface area contributed by atoms with Gasteiger partial charge in [0.05, 0.1) is 36.1 Å². The Kier molecular flexibility index (Phi) is 11.8. The molecule has 0 aliphatic carbocycles. The fourth-order valence-electron chi connectivity index (χ4n) is 4.79. The molecule has 1 heterocycles. The van der Waals surface area contributed by atoms with Crippen molar-refractivity contribution in [3.05, 3.63) is 78.8 Å². The number of carbonyl (C=O) groups excluding carboxylic acids is 1. The molecule has 0 aliphatic heterocycles. The quantitative estimate of drug-likeness (QED) is 0.227. The lowest BCUT2D eigenvalue weighted by Gasteiger charge is -2.37. The van der Waals surface area contributed by atoms with Gasteiger partial charge in [0.15, 0.2) is 0 Å². The highest BCUT2D eigenvalue weighted by molar-refractivity contribution is 7.89. The van der Waals surface area contributed by atoms with E-state index in [4.69, 9.17) is 9.15 Å². The van der Waals surface area contributed by atoms with Crippen LogP contribution in [0, 0.1) is 5.41 Å². The summed E-state index contributed by atoms with van der Waals surface area (Å²) in [5, 5.41) is 24.8. The van der Waals surface area contributed by atoms with Gasteiger partial charge >= 0.3 is 12.1 Å². The van der Waals surface area contributed by atoms with E-state index >= 15 is 0 Å². The molecule has 0 bridgehead atoms. The number of methoxy groups -OCH3 is 1. The zero-order valence-electron chi connectivity index (χ0n) is 25.7. The standard InChI is InChI=1S/C31H42N4O8S/c1-31(2,16-17-32-29(37)33(3)4)22-34(44(40,41)26-13-11-25(42-5)12-14-26)20-28(36)27(19-23-9-7-6-8-10-23)35(30(38)39)24-15-18-43-21-24/h6-15,18,21,27-28,36H,16-17,19-20,22H2,1-5H3,(H,32,37)(H,38,39)/t27-,28-/m0/s1. The summed E-state index contributed by atoms with van der Waals surface area (Å²) in [4.78, 5) is 27.0. The van der Waals surface area contributed by atoms with Gasteiger partial charge in [-0.1, -0.05) is 44.2 Å². The van der Waals surface area contributed by atoms with Crippen LogP contribution in [0.15, 0.2) is 82.5 Å². The van der Waals surface area contributed by atoms with Crippen LogP contribution in [0.4, 0.5) is 15.3 Å². The van der Waals surface area contributed by atoms with Crippen molar-refractivity contribution in [2.24, 2.45) is 5.41 Å². The first-order chi connectivity index (χ1) is 20.7. The van der Waals surface area contributed by atoms with E-state index < -0.39 is 40.2 Å². The number of carbonyl (C=O) groups is 2. The Hall–Kier alpha value is -4.07. The second-order valence-electron chi connectivity index (χ2n) is 11.5. The van der Waals surface area contributed by atoms with E-state index in [1.54, 1.807) is 26.2 Å². The van der Waals surface area contributed by atoms with Crippen molar-refractivity contribution >= 4 is 27.8 Å². The van der Waals surface area contributed by atoms with E-state index in [1.807, 2.05) is 32.0 Å². The number of hydrogen-bond donors (Lipinski definition) is 3. The maximum atomic E-state index is 14.1. The number of aliphatic hydroxyl groups excluding tert-OH is 1. The zero-order valence-corrected chi connectivity index (χ0v) is 26.5. The molecule has 0 saturated heterocycles. The van der Waals surface area contributed by atoms with Gasteiger partial charge in [0, 0.05) is 39.8 Å². The van der Waals surface area contributed by atoms with Crippen molar-refractivity contribution in [1.29, 1.82) is 0 Å². The van der Waals surface area contributed by atoms with Gasteiger partial charge in [-0.05, 0) is 48.1 Å². The number of benzene rings is 2. The van der Waals surface area contributed by atoms with E-state index in [9.17, 15) is 28.2 Å². The lowest BCUT2D eigenvalue weighted by Crippen LogP contribution is -2.53. The average Bonchev–Trinajstić information content (AvgIpc) is 3.51. The largest absolute Gasteiger partial charge is 0.497 e. The molecule has 2 atom stereocenters. The fraction of sp³-hybridized carbons (Fsp3) is 0.419. The Bertz CT molecular complexity index is 1450. The van der Waals surface area contributed by atoms with Gasteiger partial charge in [-0.2, -0.15) is 4.31 Å². The lowest BCUT2D eigenvalue weighted by molar-refractivity contribution is 0.100. The normalized spacial score (nSPS) is 13.2. The van der Waals surface area contributed by atoms with Crippen molar-refractivity contribution in [2.75, 3.05) is 45.7 Å². The van der Waals surface area contributed by atoms with Crippen LogP contribution in [0.5, 0.6) is 5.75 Å². The number of hydrogen-bond acceptors (Lipinski definition) is 7. The number of ether oxygens (including phenoxy) is 1. The number of rotatable bonds is 15. The second kappa shape index (κ2) is 15.1. The Morgan fingerprint density at radius 3 is 2.25 bits per heavy atom. The molecule has 0 fully saturated rings. The topological polar surface area (TPSA) is 153 Å². The summed E-state index contributed by atoms with van der Waals surface area (Å²) in [5.41, 5.74) is 0.317. The van der Waals surface area contributed by atoms with Crippen LogP contribution in [0.25, 0.3) is 0 Å². The maximum Gasteiger partial charge on any atom is 0.412 e. The highest BCUT2D eigenvalue weighted by Gasteiger charge is 2.38. The third-order valence-electron chi connectivity index (χ3n) is 7.23. The number of anilines is 1. The van der Waals surface area contributed by atoms with E-state index in [0.29, 0.717) is 18.7 Å². The zero-order chi connectivity index (χ0) is 32.5. The highest BCUT2D eigenvalue weighted by atomic mass is 32.2. The molecule has 0 radical (unpaired) electrons. The Morgan fingerprint density at radius 1 is 1.05 bits per heavy atom. The van der Waals surface area contributed by atoms with Crippen LogP contribution in [0.3, 0.4) is 0 Å². The smallest absolute Gasteiger partial charge is 0.412 e. The van der Waals surface area contributed by atoms with Crippen LogP contribution in [-0.2, 0) is 16.4 Å². The monoisotopic (exact) mass is 630 g/mol.